The number of hydrogen-bond acceptors (Lipinski definition) is 6. The minimum absolute atomic E-state index is 0.0468. The van der Waals surface area contributed by atoms with Crippen LogP contribution in [0.15, 0.2) is 47.1 Å². The molecular weight excluding hydrogens is 358 g/mol. The number of hydrogen-bond donors (Lipinski definition) is 0. The fourth-order valence-electron chi connectivity index (χ4n) is 3.00. The fraction of sp³-hybridized carbons (Fsp3) is 0.333. The third kappa shape index (κ3) is 4.13. The van der Waals surface area contributed by atoms with Gasteiger partial charge in [-0.25, -0.2) is 8.42 Å². The Morgan fingerprint density at radius 2 is 2.00 bits per heavy atom. The van der Waals surface area contributed by atoms with Crippen LogP contribution in [0.25, 0.3) is 0 Å². The first kappa shape index (κ1) is 18.2. The number of ether oxygens (including phenoxy) is 1. The summed E-state index contributed by atoms with van der Waals surface area (Å²) >= 11 is 0. The lowest BCUT2D eigenvalue weighted by Crippen LogP contribution is -2.40. The maximum absolute atomic E-state index is 13.2. The molecule has 0 spiro atoms. The van der Waals surface area contributed by atoms with Gasteiger partial charge < -0.3 is 14.1 Å². The molecule has 7 nitrogen and oxygen atoms in total. The summed E-state index contributed by atoms with van der Waals surface area (Å²) in [6, 6.07) is 9.38. The zero-order valence-electron chi connectivity index (χ0n) is 14.3. The van der Waals surface area contributed by atoms with Crippen molar-refractivity contribution in [2.75, 3.05) is 11.5 Å². The van der Waals surface area contributed by atoms with Crippen LogP contribution in [-0.4, -0.2) is 42.7 Å². The van der Waals surface area contributed by atoms with Crippen LogP contribution in [0.5, 0.6) is 5.75 Å². The highest BCUT2D eigenvalue weighted by Gasteiger charge is 2.36. The fourth-order valence-corrected chi connectivity index (χ4v) is 4.73. The van der Waals surface area contributed by atoms with E-state index in [2.05, 4.69) is 0 Å². The van der Waals surface area contributed by atoms with E-state index in [0.717, 1.165) is 0 Å². The minimum atomic E-state index is -3.17. The van der Waals surface area contributed by atoms with Gasteiger partial charge in [0.25, 0.3) is 5.91 Å². The van der Waals surface area contributed by atoms with Crippen LogP contribution < -0.4 is 4.74 Å². The van der Waals surface area contributed by atoms with E-state index in [4.69, 9.17) is 9.15 Å². The Bertz CT molecular complexity index is 904. The van der Waals surface area contributed by atoms with Crippen LogP contribution >= 0.6 is 0 Å². The van der Waals surface area contributed by atoms with Crippen molar-refractivity contribution in [3.63, 3.8) is 0 Å². The average molecular weight is 377 g/mol. The summed E-state index contributed by atoms with van der Waals surface area (Å²) < 4.78 is 34.2. The number of carbonyl (C=O) groups is 2. The molecule has 1 aliphatic heterocycles. The van der Waals surface area contributed by atoms with Crippen LogP contribution in [0.2, 0.25) is 0 Å². The molecule has 1 aliphatic rings. The van der Waals surface area contributed by atoms with Gasteiger partial charge in [-0.3, -0.25) is 9.59 Å². The maximum atomic E-state index is 13.2. The lowest BCUT2D eigenvalue weighted by atomic mass is 10.1. The summed E-state index contributed by atoms with van der Waals surface area (Å²) in [5.41, 5.74) is 0.207. The monoisotopic (exact) mass is 377 g/mol. The Morgan fingerprint density at radius 3 is 2.62 bits per heavy atom. The molecule has 0 bridgehead atoms. The van der Waals surface area contributed by atoms with Gasteiger partial charge in [0, 0.05) is 13.0 Å². The first-order chi connectivity index (χ1) is 12.4. The summed E-state index contributed by atoms with van der Waals surface area (Å²) in [5.74, 6) is -0.282. The predicted octanol–water partition coefficient (Wildman–Crippen LogP) is 2.03. The molecule has 138 valence electrons. The van der Waals surface area contributed by atoms with Crippen LogP contribution in [0.4, 0.5) is 0 Å². The van der Waals surface area contributed by atoms with Crippen molar-refractivity contribution < 1.29 is 27.2 Å². The molecule has 3 rings (SSSR count). The Hall–Kier alpha value is -2.61. The summed E-state index contributed by atoms with van der Waals surface area (Å²) in [5, 5.41) is 0. The number of furan rings is 1. The summed E-state index contributed by atoms with van der Waals surface area (Å²) in [7, 11) is -3.17. The summed E-state index contributed by atoms with van der Waals surface area (Å²) in [6.45, 7) is 1.39. The lowest BCUT2D eigenvalue weighted by Gasteiger charge is -2.28. The smallest absolute Gasteiger partial charge is 0.308 e. The van der Waals surface area contributed by atoms with E-state index in [1.165, 1.54) is 24.2 Å². The van der Waals surface area contributed by atoms with E-state index in [9.17, 15) is 18.0 Å². The van der Waals surface area contributed by atoms with Gasteiger partial charge in [0.1, 0.15) is 11.5 Å². The van der Waals surface area contributed by atoms with E-state index in [1.54, 1.807) is 30.3 Å². The molecule has 1 aromatic heterocycles. The number of para-hydroxylation sites is 1. The van der Waals surface area contributed by atoms with Gasteiger partial charge in [0.2, 0.25) is 0 Å². The standard InChI is InChI=1S/C18H19NO6S/c1-13(20)25-17-7-3-2-6-16(17)18(21)19(11-15-5-4-9-24-15)14-8-10-26(22,23)12-14/h2-7,9,14H,8,10-12H2,1H3. The molecule has 26 heavy (non-hydrogen) atoms. The topological polar surface area (TPSA) is 93.9 Å². The van der Waals surface area contributed by atoms with Crippen LogP contribution in [0, 0.1) is 0 Å². The average Bonchev–Trinajstić information content (AvgIpc) is 3.21. The molecule has 1 unspecified atom stereocenters. The van der Waals surface area contributed by atoms with Crippen LogP contribution in [-0.2, 0) is 21.2 Å². The number of sulfone groups is 1. The maximum Gasteiger partial charge on any atom is 0.308 e. The van der Waals surface area contributed by atoms with Gasteiger partial charge in [0.15, 0.2) is 9.84 Å². The molecule has 1 atom stereocenters. The SMILES string of the molecule is CC(=O)Oc1ccccc1C(=O)N(Cc1ccco1)C1CCS(=O)(=O)C1. The first-order valence-corrected chi connectivity index (χ1v) is 9.99. The molecule has 0 saturated carbocycles. The highest BCUT2D eigenvalue weighted by molar-refractivity contribution is 7.91. The number of nitrogens with zero attached hydrogens (tertiary/aromatic N) is 1. The normalized spacial score (nSPS) is 18.4. The Morgan fingerprint density at radius 1 is 1.23 bits per heavy atom. The first-order valence-electron chi connectivity index (χ1n) is 8.17. The Kier molecular flexibility index (Phi) is 5.13. The molecule has 1 fully saturated rings. The molecule has 0 aliphatic carbocycles. The molecule has 2 heterocycles. The van der Waals surface area contributed by atoms with E-state index in [0.29, 0.717) is 12.2 Å². The number of rotatable bonds is 5. The van der Waals surface area contributed by atoms with E-state index in [1.807, 2.05) is 0 Å². The minimum Gasteiger partial charge on any atom is -0.467 e. The van der Waals surface area contributed by atoms with Gasteiger partial charge in [-0.15, -0.1) is 0 Å². The van der Waals surface area contributed by atoms with Crippen LogP contribution in [0.3, 0.4) is 0 Å². The third-order valence-corrected chi connectivity index (χ3v) is 5.94. The van der Waals surface area contributed by atoms with Crippen molar-refractivity contribution >= 4 is 21.7 Å². The van der Waals surface area contributed by atoms with Gasteiger partial charge in [-0.1, -0.05) is 12.1 Å². The third-order valence-electron chi connectivity index (χ3n) is 4.19. The molecule has 1 aromatic carbocycles. The van der Waals surface area contributed by atoms with Crippen molar-refractivity contribution in [2.45, 2.75) is 25.9 Å². The second-order valence-corrected chi connectivity index (χ2v) is 8.39. The van der Waals surface area contributed by atoms with Gasteiger partial charge in [-0.05, 0) is 30.7 Å². The molecule has 1 saturated heterocycles. The molecule has 0 N–H and O–H groups in total. The van der Waals surface area contributed by atoms with Crippen LogP contribution in [0.1, 0.15) is 29.5 Å². The summed E-state index contributed by atoms with van der Waals surface area (Å²) in [6.07, 6.45) is 1.86. The van der Waals surface area contributed by atoms with Crippen molar-refractivity contribution in [1.82, 2.24) is 4.90 Å². The second kappa shape index (κ2) is 7.33. The molecule has 1 amide bonds. The highest BCUT2D eigenvalue weighted by atomic mass is 32.2. The van der Waals surface area contributed by atoms with E-state index in [-0.39, 0.29) is 29.4 Å². The van der Waals surface area contributed by atoms with Crippen molar-refractivity contribution in [2.24, 2.45) is 0 Å². The van der Waals surface area contributed by atoms with Crippen molar-refractivity contribution in [3.05, 3.63) is 54.0 Å². The zero-order valence-corrected chi connectivity index (χ0v) is 15.1. The Labute approximate surface area is 151 Å². The largest absolute Gasteiger partial charge is 0.467 e. The van der Waals surface area contributed by atoms with Gasteiger partial charge in [-0.2, -0.15) is 0 Å². The Balaban J connectivity index is 1.94. The number of carbonyl (C=O) groups excluding carboxylic acids is 2. The van der Waals surface area contributed by atoms with Gasteiger partial charge in [0.05, 0.1) is 29.9 Å². The predicted molar refractivity (Wildman–Crippen MR) is 93.4 cm³/mol. The number of esters is 1. The molecule has 8 heteroatoms. The highest BCUT2D eigenvalue weighted by Crippen LogP contribution is 2.26. The molecular formula is C18H19NO6S. The van der Waals surface area contributed by atoms with E-state index < -0.39 is 27.8 Å². The quantitative estimate of drug-likeness (QED) is 0.585. The van der Waals surface area contributed by atoms with Crippen molar-refractivity contribution in [1.29, 1.82) is 0 Å². The van der Waals surface area contributed by atoms with Crippen molar-refractivity contribution in [3.8, 4) is 5.75 Å². The molecule has 2 aromatic rings. The van der Waals surface area contributed by atoms with E-state index >= 15 is 0 Å². The molecule has 0 radical (unpaired) electrons. The van der Waals surface area contributed by atoms with Gasteiger partial charge >= 0.3 is 5.97 Å². The zero-order chi connectivity index (χ0) is 18.7. The number of amides is 1. The second-order valence-electron chi connectivity index (χ2n) is 6.16. The summed E-state index contributed by atoms with van der Waals surface area (Å²) in [4.78, 5) is 26.0. The number of benzene rings is 1. The lowest BCUT2D eigenvalue weighted by molar-refractivity contribution is -0.131.